The molecule has 0 spiro atoms. The molecule has 3 aromatic carbocycles. The third kappa shape index (κ3) is 6.64. The minimum Gasteiger partial charge on any atom is -0.494 e. The first-order valence-corrected chi connectivity index (χ1v) is 10.1. The standard InChI is InChI=1S/C24H23ClN2O3/c25-19-12-14-20(15-13-19)30-16-6-11-23(28)27-22-10-5-4-9-21(22)24(29)26-17-18-7-2-1-3-8-18/h1-5,7-10,12-15H,6,11,16-17H2,(H,26,29)(H,27,28). The molecule has 3 rings (SSSR count). The zero-order valence-electron chi connectivity index (χ0n) is 16.4. The molecule has 30 heavy (non-hydrogen) atoms. The molecule has 2 amide bonds. The Kier molecular flexibility index (Phi) is 7.86. The van der Waals surface area contributed by atoms with Crippen LogP contribution in [0.2, 0.25) is 5.02 Å². The number of amides is 2. The Bertz CT molecular complexity index is 975. The number of halogens is 1. The number of ether oxygens (including phenoxy) is 1. The first-order valence-electron chi connectivity index (χ1n) is 9.71. The number of carbonyl (C=O) groups excluding carboxylic acids is 2. The second-order valence-corrected chi connectivity index (χ2v) is 7.10. The van der Waals surface area contributed by atoms with Crippen LogP contribution in [0.3, 0.4) is 0 Å². The maximum absolute atomic E-state index is 12.6. The van der Waals surface area contributed by atoms with Gasteiger partial charge in [0.25, 0.3) is 5.91 Å². The molecule has 0 saturated carbocycles. The molecule has 0 aliphatic rings. The van der Waals surface area contributed by atoms with Gasteiger partial charge in [-0.25, -0.2) is 0 Å². The van der Waals surface area contributed by atoms with Gasteiger partial charge in [0.05, 0.1) is 17.9 Å². The fourth-order valence-electron chi connectivity index (χ4n) is 2.83. The minimum absolute atomic E-state index is 0.169. The topological polar surface area (TPSA) is 67.4 Å². The Labute approximate surface area is 181 Å². The van der Waals surface area contributed by atoms with Crippen molar-refractivity contribution in [3.63, 3.8) is 0 Å². The van der Waals surface area contributed by atoms with E-state index >= 15 is 0 Å². The summed E-state index contributed by atoms with van der Waals surface area (Å²) in [6.45, 7) is 0.832. The number of rotatable bonds is 9. The van der Waals surface area contributed by atoms with Crippen molar-refractivity contribution in [1.82, 2.24) is 5.32 Å². The quantitative estimate of drug-likeness (QED) is 0.473. The van der Waals surface area contributed by atoms with Gasteiger partial charge in [0.1, 0.15) is 5.75 Å². The van der Waals surface area contributed by atoms with Crippen LogP contribution < -0.4 is 15.4 Å². The summed E-state index contributed by atoms with van der Waals surface area (Å²) in [6, 6.07) is 23.7. The van der Waals surface area contributed by atoms with Crippen molar-refractivity contribution in [3.05, 3.63) is 95.0 Å². The molecule has 3 aromatic rings. The highest BCUT2D eigenvalue weighted by molar-refractivity contribution is 6.30. The van der Waals surface area contributed by atoms with E-state index in [0.717, 1.165) is 5.56 Å². The van der Waals surface area contributed by atoms with Crippen LogP contribution in [-0.2, 0) is 11.3 Å². The van der Waals surface area contributed by atoms with Gasteiger partial charge in [-0.15, -0.1) is 0 Å². The van der Waals surface area contributed by atoms with Crippen molar-refractivity contribution in [1.29, 1.82) is 0 Å². The van der Waals surface area contributed by atoms with Crippen molar-refractivity contribution in [3.8, 4) is 5.75 Å². The molecule has 0 heterocycles. The van der Waals surface area contributed by atoms with Gasteiger partial charge in [0.15, 0.2) is 0 Å². The zero-order valence-corrected chi connectivity index (χ0v) is 17.2. The number of nitrogens with one attached hydrogen (secondary N) is 2. The molecule has 5 nitrogen and oxygen atoms in total. The lowest BCUT2D eigenvalue weighted by Gasteiger charge is -2.12. The molecule has 0 atom stereocenters. The molecule has 2 N–H and O–H groups in total. The summed E-state index contributed by atoms with van der Waals surface area (Å²) in [5.41, 5.74) is 1.93. The van der Waals surface area contributed by atoms with Crippen molar-refractivity contribution in [2.24, 2.45) is 0 Å². The average Bonchev–Trinajstić information content (AvgIpc) is 2.77. The average molecular weight is 423 g/mol. The lowest BCUT2D eigenvalue weighted by molar-refractivity contribution is -0.116. The van der Waals surface area contributed by atoms with E-state index < -0.39 is 0 Å². The first kappa shape index (κ1) is 21.4. The zero-order chi connectivity index (χ0) is 21.2. The summed E-state index contributed by atoms with van der Waals surface area (Å²) in [5.74, 6) is 0.305. The molecule has 0 unspecified atom stereocenters. The highest BCUT2D eigenvalue weighted by atomic mass is 35.5. The number of para-hydroxylation sites is 1. The summed E-state index contributed by atoms with van der Waals surface area (Å²) in [7, 11) is 0. The second kappa shape index (κ2) is 11.0. The summed E-state index contributed by atoms with van der Waals surface area (Å²) >= 11 is 5.84. The first-order chi connectivity index (χ1) is 14.6. The number of hydrogen-bond donors (Lipinski definition) is 2. The molecule has 0 fully saturated rings. The minimum atomic E-state index is -0.235. The fraction of sp³-hybridized carbons (Fsp3) is 0.167. The van der Waals surface area contributed by atoms with Crippen molar-refractivity contribution in [2.75, 3.05) is 11.9 Å². The third-order valence-corrected chi connectivity index (χ3v) is 4.62. The molecule has 0 aliphatic carbocycles. The van der Waals surface area contributed by atoms with Gasteiger partial charge in [-0.2, -0.15) is 0 Å². The van der Waals surface area contributed by atoms with Crippen LogP contribution in [-0.4, -0.2) is 18.4 Å². The van der Waals surface area contributed by atoms with Gasteiger partial charge >= 0.3 is 0 Å². The highest BCUT2D eigenvalue weighted by Gasteiger charge is 2.13. The number of anilines is 1. The second-order valence-electron chi connectivity index (χ2n) is 6.67. The molecule has 154 valence electrons. The van der Waals surface area contributed by atoms with E-state index in [0.29, 0.717) is 41.6 Å². The Morgan fingerprint density at radius 2 is 1.57 bits per heavy atom. The van der Waals surface area contributed by atoms with Crippen LogP contribution in [0, 0.1) is 0 Å². The Morgan fingerprint density at radius 1 is 0.867 bits per heavy atom. The highest BCUT2D eigenvalue weighted by Crippen LogP contribution is 2.17. The molecule has 0 aromatic heterocycles. The van der Waals surface area contributed by atoms with Gasteiger partial charge < -0.3 is 15.4 Å². The molecule has 0 radical (unpaired) electrons. The summed E-state index contributed by atoms with van der Waals surface area (Å²) in [5, 5.41) is 6.35. The van der Waals surface area contributed by atoms with Crippen LogP contribution in [0.15, 0.2) is 78.9 Å². The van der Waals surface area contributed by atoms with Gasteiger partial charge in [0.2, 0.25) is 5.91 Å². The maximum Gasteiger partial charge on any atom is 0.253 e. The van der Waals surface area contributed by atoms with E-state index in [1.165, 1.54) is 0 Å². The van der Waals surface area contributed by atoms with Gasteiger partial charge in [-0.1, -0.05) is 54.1 Å². The molecular formula is C24H23ClN2O3. The van der Waals surface area contributed by atoms with E-state index in [-0.39, 0.29) is 18.2 Å². The van der Waals surface area contributed by atoms with E-state index in [9.17, 15) is 9.59 Å². The lowest BCUT2D eigenvalue weighted by atomic mass is 10.1. The van der Waals surface area contributed by atoms with Crippen LogP contribution in [0.25, 0.3) is 0 Å². The van der Waals surface area contributed by atoms with E-state index in [1.54, 1.807) is 48.5 Å². The largest absolute Gasteiger partial charge is 0.494 e. The molecule has 0 aliphatic heterocycles. The predicted molar refractivity (Wildman–Crippen MR) is 119 cm³/mol. The van der Waals surface area contributed by atoms with Crippen molar-refractivity contribution < 1.29 is 14.3 Å². The third-order valence-electron chi connectivity index (χ3n) is 4.37. The Morgan fingerprint density at radius 3 is 2.33 bits per heavy atom. The Hall–Kier alpha value is -3.31. The lowest BCUT2D eigenvalue weighted by Crippen LogP contribution is -2.24. The monoisotopic (exact) mass is 422 g/mol. The number of hydrogen-bond acceptors (Lipinski definition) is 3. The van der Waals surface area contributed by atoms with Gasteiger partial charge in [-0.3, -0.25) is 9.59 Å². The smallest absolute Gasteiger partial charge is 0.253 e. The fourth-order valence-corrected chi connectivity index (χ4v) is 2.96. The van der Waals surface area contributed by atoms with E-state index in [2.05, 4.69) is 10.6 Å². The predicted octanol–water partition coefficient (Wildman–Crippen LogP) is 5.07. The summed E-state index contributed by atoms with van der Waals surface area (Å²) in [6.07, 6.45) is 0.838. The van der Waals surface area contributed by atoms with E-state index in [1.807, 2.05) is 30.3 Å². The van der Waals surface area contributed by atoms with Gasteiger partial charge in [0, 0.05) is 18.0 Å². The maximum atomic E-state index is 12.6. The molecular weight excluding hydrogens is 400 g/mol. The molecule has 6 heteroatoms. The molecule has 0 bridgehead atoms. The van der Waals surface area contributed by atoms with Crippen LogP contribution in [0.5, 0.6) is 5.75 Å². The molecule has 0 saturated heterocycles. The summed E-state index contributed by atoms with van der Waals surface area (Å²) < 4.78 is 5.59. The SMILES string of the molecule is O=C(CCCOc1ccc(Cl)cc1)Nc1ccccc1C(=O)NCc1ccccc1. The van der Waals surface area contributed by atoms with Crippen LogP contribution >= 0.6 is 11.6 Å². The van der Waals surface area contributed by atoms with Gasteiger partial charge in [-0.05, 0) is 48.4 Å². The Balaban J connectivity index is 1.47. The summed E-state index contributed by atoms with van der Waals surface area (Å²) in [4.78, 5) is 24.9. The van der Waals surface area contributed by atoms with Crippen molar-refractivity contribution >= 4 is 29.1 Å². The van der Waals surface area contributed by atoms with Crippen molar-refractivity contribution in [2.45, 2.75) is 19.4 Å². The van der Waals surface area contributed by atoms with E-state index in [4.69, 9.17) is 16.3 Å². The normalized spacial score (nSPS) is 10.3. The number of carbonyl (C=O) groups is 2. The number of benzene rings is 3. The van der Waals surface area contributed by atoms with Crippen LogP contribution in [0.4, 0.5) is 5.69 Å². The van der Waals surface area contributed by atoms with Crippen LogP contribution in [0.1, 0.15) is 28.8 Å².